The maximum absolute atomic E-state index is 6.56. The largest absolute Gasteiger partial charge is 0.398 e. The van der Waals surface area contributed by atoms with E-state index in [2.05, 4.69) is 52.0 Å². The van der Waals surface area contributed by atoms with Crippen LogP contribution in [0.2, 0.25) is 0 Å². The van der Waals surface area contributed by atoms with Crippen LogP contribution < -0.4 is 11.5 Å². The first-order chi connectivity index (χ1) is 17.5. The van der Waals surface area contributed by atoms with Crippen LogP contribution in [-0.2, 0) is 38.5 Å². The van der Waals surface area contributed by atoms with Gasteiger partial charge in [0.25, 0.3) is 0 Å². The van der Waals surface area contributed by atoms with Crippen LogP contribution in [0.1, 0.15) is 138 Å². The van der Waals surface area contributed by atoms with Crippen LogP contribution in [0.25, 0.3) is 0 Å². The molecule has 0 radical (unpaired) electrons. The molecule has 0 heterocycles. The molecule has 2 nitrogen and oxygen atoms in total. The highest BCUT2D eigenvalue weighted by molar-refractivity contribution is 5.54. The van der Waals surface area contributed by atoms with Crippen LogP contribution in [0, 0.1) is 0 Å². The van der Waals surface area contributed by atoms with E-state index in [1.54, 1.807) is 0 Å². The van der Waals surface area contributed by atoms with E-state index in [-0.39, 0.29) is 0 Å². The average Bonchev–Trinajstić information content (AvgIpc) is 2.86. The highest BCUT2D eigenvalue weighted by atomic mass is 14.6. The van der Waals surface area contributed by atoms with Gasteiger partial charge in [0.05, 0.1) is 0 Å². The summed E-state index contributed by atoms with van der Waals surface area (Å²) in [6, 6.07) is 9.55. The molecule has 0 aliphatic rings. The molecule has 36 heavy (non-hydrogen) atoms. The van der Waals surface area contributed by atoms with Crippen molar-refractivity contribution in [2.45, 2.75) is 143 Å². The standard InChI is InChI=1S/C34H56N2/c1-5-9-13-17-27-25-33(35)31(19-15-11-7-3)23-29(27)21-22-30-24-32(20-16-12-8-4)34(36)26-28(30)18-14-10-6-2/h23-26H,5-22,35-36H2,1-4H3. The first kappa shape index (κ1) is 30.3. The van der Waals surface area contributed by atoms with E-state index < -0.39 is 0 Å². The van der Waals surface area contributed by atoms with Crippen LogP contribution in [0.15, 0.2) is 24.3 Å². The normalized spacial score (nSPS) is 11.3. The van der Waals surface area contributed by atoms with Gasteiger partial charge in [-0.1, -0.05) is 91.2 Å². The first-order valence-corrected chi connectivity index (χ1v) is 15.3. The Morgan fingerprint density at radius 1 is 0.361 bits per heavy atom. The lowest BCUT2D eigenvalue weighted by Gasteiger charge is -2.18. The van der Waals surface area contributed by atoms with Crippen molar-refractivity contribution in [2.24, 2.45) is 0 Å². The van der Waals surface area contributed by atoms with Crippen LogP contribution in [0.3, 0.4) is 0 Å². The summed E-state index contributed by atoms with van der Waals surface area (Å²) in [5, 5.41) is 0. The van der Waals surface area contributed by atoms with Crippen molar-refractivity contribution < 1.29 is 0 Å². The van der Waals surface area contributed by atoms with Gasteiger partial charge in [0.2, 0.25) is 0 Å². The summed E-state index contributed by atoms with van der Waals surface area (Å²) >= 11 is 0. The van der Waals surface area contributed by atoms with Gasteiger partial charge in [-0.25, -0.2) is 0 Å². The summed E-state index contributed by atoms with van der Waals surface area (Å²) in [7, 11) is 0. The molecule has 2 heteroatoms. The Hall–Kier alpha value is -1.96. The molecule has 0 spiro atoms. The lowest BCUT2D eigenvalue weighted by atomic mass is 9.89. The van der Waals surface area contributed by atoms with Crippen LogP contribution >= 0.6 is 0 Å². The smallest absolute Gasteiger partial charge is 0.0349 e. The van der Waals surface area contributed by atoms with Crippen LogP contribution in [0.5, 0.6) is 0 Å². The Morgan fingerprint density at radius 3 is 0.944 bits per heavy atom. The molecule has 0 saturated carbocycles. The third-order valence-electron chi connectivity index (χ3n) is 7.79. The van der Waals surface area contributed by atoms with Gasteiger partial charge in [0, 0.05) is 11.4 Å². The zero-order valence-corrected chi connectivity index (χ0v) is 24.2. The van der Waals surface area contributed by atoms with Crippen molar-refractivity contribution in [3.05, 3.63) is 57.6 Å². The minimum Gasteiger partial charge on any atom is -0.398 e. The van der Waals surface area contributed by atoms with E-state index in [0.29, 0.717) is 0 Å². The topological polar surface area (TPSA) is 52.0 Å². The van der Waals surface area contributed by atoms with E-state index in [4.69, 9.17) is 11.5 Å². The molecule has 0 bridgehead atoms. The minimum absolute atomic E-state index is 1.01. The molecule has 2 aromatic carbocycles. The molecule has 0 fully saturated rings. The van der Waals surface area contributed by atoms with Gasteiger partial charge in [-0.05, 0) is 110 Å². The highest BCUT2D eigenvalue weighted by Gasteiger charge is 2.13. The Kier molecular flexibility index (Phi) is 14.7. The zero-order valence-electron chi connectivity index (χ0n) is 24.2. The summed E-state index contributed by atoms with van der Waals surface area (Å²) in [5.74, 6) is 0. The van der Waals surface area contributed by atoms with Crippen LogP contribution in [0.4, 0.5) is 11.4 Å². The summed E-state index contributed by atoms with van der Waals surface area (Å²) in [4.78, 5) is 0. The molecule has 0 aliphatic carbocycles. The molecule has 4 N–H and O–H groups in total. The van der Waals surface area contributed by atoms with Gasteiger partial charge in [-0.3, -0.25) is 0 Å². The summed E-state index contributed by atoms with van der Waals surface area (Å²) in [6.07, 6.45) is 21.8. The maximum atomic E-state index is 6.56. The van der Waals surface area contributed by atoms with E-state index in [9.17, 15) is 0 Å². The Balaban J connectivity index is 2.30. The number of aryl methyl sites for hydroxylation is 6. The van der Waals surface area contributed by atoms with Crippen molar-refractivity contribution in [1.29, 1.82) is 0 Å². The quantitative estimate of drug-likeness (QED) is 0.151. The van der Waals surface area contributed by atoms with Crippen molar-refractivity contribution in [3.63, 3.8) is 0 Å². The second-order valence-corrected chi connectivity index (χ2v) is 11.0. The van der Waals surface area contributed by atoms with E-state index in [0.717, 1.165) is 49.9 Å². The van der Waals surface area contributed by atoms with Gasteiger partial charge < -0.3 is 11.5 Å². The van der Waals surface area contributed by atoms with E-state index in [1.807, 2.05) is 0 Å². The van der Waals surface area contributed by atoms with Gasteiger partial charge in [-0.15, -0.1) is 0 Å². The summed E-state index contributed by atoms with van der Waals surface area (Å²) < 4.78 is 0. The molecule has 0 amide bonds. The monoisotopic (exact) mass is 492 g/mol. The first-order valence-electron chi connectivity index (χ1n) is 15.3. The Morgan fingerprint density at radius 2 is 0.639 bits per heavy atom. The number of nitrogens with two attached hydrogens (primary N) is 2. The number of hydrogen-bond donors (Lipinski definition) is 2. The number of nitrogen functional groups attached to an aromatic ring is 2. The second-order valence-electron chi connectivity index (χ2n) is 11.0. The van der Waals surface area contributed by atoms with Gasteiger partial charge in [-0.2, -0.15) is 0 Å². The average molecular weight is 493 g/mol. The number of unbranched alkanes of at least 4 members (excludes halogenated alkanes) is 8. The van der Waals surface area contributed by atoms with Crippen molar-refractivity contribution in [3.8, 4) is 0 Å². The molecule has 2 rings (SSSR count). The molecular weight excluding hydrogens is 436 g/mol. The minimum atomic E-state index is 1.01. The van der Waals surface area contributed by atoms with Crippen LogP contribution in [-0.4, -0.2) is 0 Å². The molecular formula is C34H56N2. The van der Waals surface area contributed by atoms with E-state index >= 15 is 0 Å². The molecule has 0 unspecified atom stereocenters. The number of rotatable bonds is 19. The van der Waals surface area contributed by atoms with Gasteiger partial charge in [0.15, 0.2) is 0 Å². The predicted molar refractivity (Wildman–Crippen MR) is 162 cm³/mol. The maximum Gasteiger partial charge on any atom is 0.0349 e. The third-order valence-corrected chi connectivity index (χ3v) is 7.79. The predicted octanol–water partition coefficient (Wildman–Crippen LogP) is 9.57. The highest BCUT2D eigenvalue weighted by Crippen LogP contribution is 2.28. The fourth-order valence-corrected chi connectivity index (χ4v) is 5.41. The molecule has 0 aromatic heterocycles. The second kappa shape index (κ2) is 17.5. The van der Waals surface area contributed by atoms with Crippen molar-refractivity contribution in [1.82, 2.24) is 0 Å². The Bertz CT molecular complexity index is 810. The summed E-state index contributed by atoms with van der Waals surface area (Å²) in [5.41, 5.74) is 23.8. The number of hydrogen-bond acceptors (Lipinski definition) is 2. The number of anilines is 2. The third kappa shape index (κ3) is 10.2. The molecule has 0 aliphatic heterocycles. The fraction of sp³-hybridized carbons (Fsp3) is 0.647. The SMILES string of the molecule is CCCCCc1cc(CCc2cc(CCCCC)c(N)cc2CCCCC)c(CCCCC)cc1N. The molecule has 2 aromatic rings. The summed E-state index contributed by atoms with van der Waals surface area (Å²) in [6.45, 7) is 9.11. The van der Waals surface area contributed by atoms with Crippen molar-refractivity contribution in [2.75, 3.05) is 11.5 Å². The molecule has 0 atom stereocenters. The molecule has 0 saturated heterocycles. The van der Waals surface area contributed by atoms with Gasteiger partial charge >= 0.3 is 0 Å². The molecule has 202 valence electrons. The van der Waals surface area contributed by atoms with E-state index in [1.165, 1.54) is 110 Å². The lowest BCUT2D eigenvalue weighted by Crippen LogP contribution is -2.06. The zero-order chi connectivity index (χ0) is 26.2. The van der Waals surface area contributed by atoms with Crippen molar-refractivity contribution >= 4 is 11.4 Å². The fourth-order valence-electron chi connectivity index (χ4n) is 5.41. The Labute approximate surface area is 223 Å². The van der Waals surface area contributed by atoms with Gasteiger partial charge in [0.1, 0.15) is 0 Å². The lowest BCUT2D eigenvalue weighted by molar-refractivity contribution is 0.703. The number of benzene rings is 2.